The molecule has 1 fully saturated rings. The van der Waals surface area contributed by atoms with Gasteiger partial charge in [0.15, 0.2) is 9.84 Å². The molecule has 10 heteroatoms. The number of benzene rings is 2. The van der Waals surface area contributed by atoms with E-state index in [-0.39, 0.29) is 21.5 Å². The quantitative estimate of drug-likeness (QED) is 0.586. The second-order valence-corrected chi connectivity index (χ2v) is 10.7. The smallest absolute Gasteiger partial charge is 0.262 e. The van der Waals surface area contributed by atoms with Gasteiger partial charge in [-0.15, -0.1) is 0 Å². The van der Waals surface area contributed by atoms with Crippen LogP contribution in [0.25, 0.3) is 10.9 Å². The Balaban J connectivity index is 1.85. The fourth-order valence-electron chi connectivity index (χ4n) is 4.23. The molecular formula is C23H27ClN4O4S. The van der Waals surface area contributed by atoms with Gasteiger partial charge in [-0.05, 0) is 37.6 Å². The first-order valence-electron chi connectivity index (χ1n) is 10.7. The van der Waals surface area contributed by atoms with E-state index in [4.69, 9.17) is 21.3 Å². The molecule has 1 aliphatic rings. The maximum Gasteiger partial charge on any atom is 0.262 e. The van der Waals surface area contributed by atoms with Gasteiger partial charge in [0.1, 0.15) is 4.90 Å². The van der Waals surface area contributed by atoms with Gasteiger partial charge >= 0.3 is 0 Å². The van der Waals surface area contributed by atoms with Crippen molar-refractivity contribution in [3.05, 3.63) is 56.8 Å². The van der Waals surface area contributed by atoms with E-state index in [1.165, 1.54) is 0 Å². The van der Waals surface area contributed by atoms with E-state index in [2.05, 4.69) is 5.32 Å². The molecular weight excluding hydrogens is 464 g/mol. The number of morpholine rings is 1. The van der Waals surface area contributed by atoms with Crippen LogP contribution in [0.1, 0.15) is 24.1 Å². The molecule has 0 spiro atoms. The molecule has 2 aromatic carbocycles. The molecule has 3 aromatic rings. The maximum atomic E-state index is 13.3. The summed E-state index contributed by atoms with van der Waals surface area (Å²) >= 11 is 6.22. The van der Waals surface area contributed by atoms with Crippen LogP contribution in [0.4, 0.5) is 11.6 Å². The zero-order valence-electron chi connectivity index (χ0n) is 19.1. The van der Waals surface area contributed by atoms with E-state index in [1.807, 2.05) is 30.9 Å². The van der Waals surface area contributed by atoms with Gasteiger partial charge in [-0.1, -0.05) is 23.7 Å². The molecule has 2 heterocycles. The van der Waals surface area contributed by atoms with Gasteiger partial charge in [0.05, 0.1) is 40.9 Å². The second kappa shape index (κ2) is 8.96. The predicted molar refractivity (Wildman–Crippen MR) is 131 cm³/mol. The summed E-state index contributed by atoms with van der Waals surface area (Å²) in [6.07, 6.45) is 1.13. The standard InChI is InChI=1S/C23H27ClN4O4S/c1-14-12-16(15(2)25-19-7-5-6-18(24)21(19)33(4,30)31)20-17(13-14)22(29)27(3)23(26-20)28-8-10-32-11-9-28/h5-7,12-13,15,25H,8-11H2,1-4H3. The van der Waals surface area contributed by atoms with Crippen molar-refractivity contribution in [3.63, 3.8) is 0 Å². The third kappa shape index (κ3) is 4.58. The fourth-order valence-corrected chi connectivity index (χ4v) is 5.77. The first-order chi connectivity index (χ1) is 15.6. The molecule has 1 aliphatic heterocycles. The van der Waals surface area contributed by atoms with Crippen LogP contribution in [0.2, 0.25) is 5.02 Å². The van der Waals surface area contributed by atoms with E-state index >= 15 is 0 Å². The average molecular weight is 491 g/mol. The number of ether oxygens (including phenoxy) is 1. The van der Waals surface area contributed by atoms with Gasteiger partial charge in [0, 0.05) is 32.0 Å². The molecule has 33 heavy (non-hydrogen) atoms. The fraction of sp³-hybridized carbons (Fsp3) is 0.391. The van der Waals surface area contributed by atoms with Gasteiger partial charge in [-0.25, -0.2) is 13.4 Å². The molecule has 1 unspecified atom stereocenters. The summed E-state index contributed by atoms with van der Waals surface area (Å²) < 4.78 is 31.8. The number of anilines is 2. The lowest BCUT2D eigenvalue weighted by molar-refractivity contribution is 0.121. The van der Waals surface area contributed by atoms with Crippen LogP contribution in [0.5, 0.6) is 0 Å². The van der Waals surface area contributed by atoms with Crippen molar-refractivity contribution >= 4 is 44.0 Å². The van der Waals surface area contributed by atoms with Crippen LogP contribution in [0.3, 0.4) is 0 Å². The Morgan fingerprint density at radius 3 is 2.58 bits per heavy atom. The van der Waals surface area contributed by atoms with Gasteiger partial charge < -0.3 is 15.0 Å². The number of nitrogens with one attached hydrogen (secondary N) is 1. The van der Waals surface area contributed by atoms with Crippen LogP contribution in [-0.2, 0) is 21.6 Å². The summed E-state index contributed by atoms with van der Waals surface area (Å²) in [6.45, 7) is 6.30. The summed E-state index contributed by atoms with van der Waals surface area (Å²) in [5, 5.41) is 3.96. The van der Waals surface area contributed by atoms with Crippen molar-refractivity contribution < 1.29 is 13.2 Å². The van der Waals surface area contributed by atoms with E-state index in [0.29, 0.717) is 48.8 Å². The Kier molecular flexibility index (Phi) is 6.39. The first kappa shape index (κ1) is 23.5. The predicted octanol–water partition coefficient (Wildman–Crippen LogP) is 3.31. The summed E-state index contributed by atoms with van der Waals surface area (Å²) in [7, 11) is -1.83. The van der Waals surface area contributed by atoms with E-state index in [9.17, 15) is 13.2 Å². The minimum absolute atomic E-state index is 0.0494. The largest absolute Gasteiger partial charge is 0.378 e. The molecule has 0 saturated carbocycles. The second-order valence-electron chi connectivity index (χ2n) is 8.38. The lowest BCUT2D eigenvalue weighted by atomic mass is 10.0. The number of hydrogen-bond acceptors (Lipinski definition) is 7. The zero-order chi connectivity index (χ0) is 23.9. The number of nitrogens with zero attached hydrogens (tertiary/aromatic N) is 3. The molecule has 8 nitrogen and oxygen atoms in total. The van der Waals surface area contributed by atoms with Crippen molar-refractivity contribution in [2.45, 2.75) is 24.8 Å². The van der Waals surface area contributed by atoms with Crippen molar-refractivity contribution in [2.75, 3.05) is 42.8 Å². The SMILES string of the molecule is Cc1cc(C(C)Nc2cccc(Cl)c2S(C)(=O)=O)c2nc(N3CCOCC3)n(C)c(=O)c2c1. The van der Waals surface area contributed by atoms with Crippen molar-refractivity contribution in [1.29, 1.82) is 0 Å². The van der Waals surface area contributed by atoms with E-state index in [0.717, 1.165) is 17.4 Å². The summed E-state index contributed by atoms with van der Waals surface area (Å²) in [6, 6.07) is 8.40. The number of sulfone groups is 1. The van der Waals surface area contributed by atoms with Crippen LogP contribution < -0.4 is 15.8 Å². The van der Waals surface area contributed by atoms with E-state index in [1.54, 1.807) is 29.8 Å². The maximum absolute atomic E-state index is 13.3. The highest BCUT2D eigenvalue weighted by Gasteiger charge is 2.23. The van der Waals surface area contributed by atoms with Gasteiger partial charge in [0.25, 0.3) is 5.56 Å². The molecule has 1 atom stereocenters. The first-order valence-corrected chi connectivity index (χ1v) is 12.9. The minimum Gasteiger partial charge on any atom is -0.378 e. The lowest BCUT2D eigenvalue weighted by Crippen LogP contribution is -2.40. The molecule has 1 aromatic heterocycles. The number of rotatable bonds is 5. The Morgan fingerprint density at radius 2 is 1.91 bits per heavy atom. The van der Waals surface area contributed by atoms with Crippen molar-refractivity contribution in [1.82, 2.24) is 9.55 Å². The van der Waals surface area contributed by atoms with Gasteiger partial charge in [-0.2, -0.15) is 0 Å². The summed E-state index contributed by atoms with van der Waals surface area (Å²) in [4.78, 5) is 20.3. The molecule has 4 rings (SSSR count). The number of fused-ring (bicyclic) bond motifs is 1. The monoisotopic (exact) mass is 490 g/mol. The van der Waals surface area contributed by atoms with Crippen molar-refractivity contribution in [2.24, 2.45) is 7.05 Å². The molecule has 176 valence electrons. The highest BCUT2D eigenvalue weighted by molar-refractivity contribution is 7.91. The molecule has 0 bridgehead atoms. The highest BCUT2D eigenvalue weighted by atomic mass is 35.5. The third-order valence-corrected chi connectivity index (χ3v) is 7.41. The lowest BCUT2D eigenvalue weighted by Gasteiger charge is -2.29. The average Bonchev–Trinajstić information content (AvgIpc) is 2.75. The van der Waals surface area contributed by atoms with E-state index < -0.39 is 9.84 Å². The Morgan fingerprint density at radius 1 is 1.21 bits per heavy atom. The van der Waals surface area contributed by atoms with Crippen LogP contribution >= 0.6 is 11.6 Å². The molecule has 0 amide bonds. The topological polar surface area (TPSA) is 93.5 Å². The van der Waals surface area contributed by atoms with Gasteiger partial charge in [0.2, 0.25) is 5.95 Å². The van der Waals surface area contributed by atoms with Crippen LogP contribution in [0.15, 0.2) is 40.0 Å². The van der Waals surface area contributed by atoms with Crippen molar-refractivity contribution in [3.8, 4) is 0 Å². The van der Waals surface area contributed by atoms with Crippen LogP contribution in [-0.4, -0.2) is 50.5 Å². The summed E-state index contributed by atoms with van der Waals surface area (Å²) in [5.74, 6) is 0.590. The zero-order valence-corrected chi connectivity index (χ0v) is 20.6. The van der Waals surface area contributed by atoms with Gasteiger partial charge in [-0.3, -0.25) is 9.36 Å². The number of halogens is 1. The minimum atomic E-state index is -3.56. The van der Waals surface area contributed by atoms with Crippen LogP contribution in [0, 0.1) is 6.92 Å². The Bertz CT molecular complexity index is 1380. The molecule has 1 N–H and O–H groups in total. The third-order valence-electron chi connectivity index (χ3n) is 5.80. The highest BCUT2D eigenvalue weighted by Crippen LogP contribution is 2.33. The number of aryl methyl sites for hydroxylation is 1. The Hall–Kier alpha value is -2.62. The molecule has 1 saturated heterocycles. The summed E-state index contributed by atoms with van der Waals surface area (Å²) in [5.41, 5.74) is 2.59. The normalized spacial score (nSPS) is 15.6. The number of hydrogen-bond donors (Lipinski definition) is 1. The molecule has 0 radical (unpaired) electrons. The number of aromatic nitrogens is 2. The molecule has 0 aliphatic carbocycles. The Labute approximate surface area is 198 Å².